The molecule has 2 atom stereocenters. The van der Waals surface area contributed by atoms with E-state index in [0.29, 0.717) is 41.1 Å². The average Bonchev–Trinajstić information content (AvgIpc) is 3.58. The van der Waals surface area contributed by atoms with E-state index in [2.05, 4.69) is 15.5 Å². The SMILES string of the molecule is CC(=O)NCC1CN(c2ccc(-c3ccc(C4=NO[C@H](CCOC(=O)CN)C4)nc3)c(F)c2)C(=O)O1.O=C(O)C(F)(F)F. The first-order chi connectivity index (χ1) is 20.3. The van der Waals surface area contributed by atoms with Gasteiger partial charge in [0.1, 0.15) is 23.7 Å². The van der Waals surface area contributed by atoms with E-state index in [9.17, 15) is 31.9 Å². The van der Waals surface area contributed by atoms with Gasteiger partial charge in [-0.25, -0.2) is 14.0 Å². The van der Waals surface area contributed by atoms with Crippen molar-refractivity contribution in [2.45, 2.75) is 38.1 Å². The lowest BCUT2D eigenvalue weighted by Gasteiger charge is -2.14. The first-order valence-electron chi connectivity index (χ1n) is 12.7. The topological polar surface area (TPSA) is 183 Å². The molecule has 2 aliphatic rings. The minimum Gasteiger partial charge on any atom is -0.475 e. The van der Waals surface area contributed by atoms with Gasteiger partial charge in [0.2, 0.25) is 5.91 Å². The molecule has 0 radical (unpaired) electrons. The molecule has 0 spiro atoms. The van der Waals surface area contributed by atoms with Crippen molar-refractivity contribution in [3.05, 3.63) is 48.0 Å². The van der Waals surface area contributed by atoms with Crippen LogP contribution in [0.2, 0.25) is 0 Å². The summed E-state index contributed by atoms with van der Waals surface area (Å²) in [5.74, 6) is -3.98. The largest absolute Gasteiger partial charge is 0.490 e. The van der Waals surface area contributed by atoms with Crippen LogP contribution in [0.15, 0.2) is 41.7 Å². The van der Waals surface area contributed by atoms with E-state index in [4.69, 9.17) is 29.9 Å². The zero-order valence-corrected chi connectivity index (χ0v) is 22.6. The Morgan fingerprint density at radius 3 is 2.51 bits per heavy atom. The molecule has 4 N–H and O–H groups in total. The summed E-state index contributed by atoms with van der Waals surface area (Å²) in [5, 5.41) is 13.8. The first-order valence-corrected chi connectivity index (χ1v) is 12.7. The van der Waals surface area contributed by atoms with Gasteiger partial charge in [-0.3, -0.25) is 19.5 Å². The van der Waals surface area contributed by atoms with Gasteiger partial charge in [-0.05, 0) is 24.3 Å². The van der Waals surface area contributed by atoms with Gasteiger partial charge in [0.15, 0.2) is 0 Å². The van der Waals surface area contributed by atoms with Crippen LogP contribution in [0, 0.1) is 5.82 Å². The zero-order chi connectivity index (χ0) is 31.7. The summed E-state index contributed by atoms with van der Waals surface area (Å²) in [7, 11) is 0. The highest BCUT2D eigenvalue weighted by Crippen LogP contribution is 2.29. The standard InChI is InChI=1S/C24H26FN5O6.C2HF3O2/c1-14(31)27-12-18-13-30(24(33)35-18)16-3-4-19(20(25)8-16)15-2-5-21(28-11-15)22-9-17(36-29-22)6-7-34-23(32)10-26;3-2(4,5)1(6)7/h2-5,8,11,17-18H,6-7,9-10,12-13,26H2,1H3,(H,27,31);(H,6,7)/t17-,18?;/m1./s1. The van der Waals surface area contributed by atoms with Crippen molar-refractivity contribution in [3.8, 4) is 11.1 Å². The summed E-state index contributed by atoms with van der Waals surface area (Å²) in [4.78, 5) is 54.4. The molecule has 4 rings (SSSR count). The molecule has 232 valence electrons. The first kappa shape index (κ1) is 32.7. The van der Waals surface area contributed by atoms with Crippen molar-refractivity contribution in [1.82, 2.24) is 10.3 Å². The van der Waals surface area contributed by atoms with Gasteiger partial charge in [0, 0.05) is 37.1 Å². The minimum atomic E-state index is -5.08. The van der Waals surface area contributed by atoms with Crippen molar-refractivity contribution >= 4 is 35.3 Å². The van der Waals surface area contributed by atoms with Crippen LogP contribution < -0.4 is 16.0 Å². The monoisotopic (exact) mass is 613 g/mol. The van der Waals surface area contributed by atoms with E-state index in [-0.39, 0.29) is 38.3 Å². The quantitative estimate of drug-likeness (QED) is 0.280. The van der Waals surface area contributed by atoms with Gasteiger partial charge in [0.25, 0.3) is 0 Å². The van der Waals surface area contributed by atoms with Crippen LogP contribution in [0.5, 0.6) is 0 Å². The molecule has 0 aliphatic carbocycles. The molecule has 17 heteroatoms. The average molecular weight is 614 g/mol. The van der Waals surface area contributed by atoms with E-state index in [1.165, 1.54) is 17.9 Å². The van der Waals surface area contributed by atoms with Crippen molar-refractivity contribution < 1.29 is 56.2 Å². The fraction of sp³-hybridized carbons (Fsp3) is 0.385. The highest BCUT2D eigenvalue weighted by molar-refractivity contribution is 5.99. The maximum Gasteiger partial charge on any atom is 0.490 e. The molecule has 1 fully saturated rings. The van der Waals surface area contributed by atoms with Gasteiger partial charge < -0.3 is 30.5 Å². The lowest BCUT2D eigenvalue weighted by molar-refractivity contribution is -0.192. The predicted molar refractivity (Wildman–Crippen MR) is 140 cm³/mol. The van der Waals surface area contributed by atoms with Crippen LogP contribution in [0.3, 0.4) is 0 Å². The summed E-state index contributed by atoms with van der Waals surface area (Å²) in [6.45, 7) is 1.79. The Hall–Kier alpha value is -4.80. The Morgan fingerprint density at radius 2 is 1.93 bits per heavy atom. The number of anilines is 1. The number of hydrogen-bond acceptors (Lipinski definition) is 10. The number of oxime groups is 1. The number of carbonyl (C=O) groups is 4. The second kappa shape index (κ2) is 14.4. The van der Waals surface area contributed by atoms with Crippen LogP contribution in [-0.2, 0) is 28.7 Å². The van der Waals surface area contributed by atoms with Crippen LogP contribution in [-0.4, -0.2) is 84.4 Å². The van der Waals surface area contributed by atoms with Crippen LogP contribution in [0.1, 0.15) is 25.5 Å². The smallest absolute Gasteiger partial charge is 0.475 e. The number of carbonyl (C=O) groups excluding carboxylic acids is 3. The summed E-state index contributed by atoms with van der Waals surface area (Å²) >= 11 is 0. The Kier molecular flexibility index (Phi) is 10.9. The third-order valence-corrected chi connectivity index (χ3v) is 5.93. The number of amides is 2. The van der Waals surface area contributed by atoms with Crippen molar-refractivity contribution in [3.63, 3.8) is 0 Å². The number of nitrogens with one attached hydrogen (secondary N) is 1. The number of carboxylic acid groups (broad SMARTS) is 1. The fourth-order valence-corrected chi connectivity index (χ4v) is 3.82. The molecule has 43 heavy (non-hydrogen) atoms. The van der Waals surface area contributed by atoms with Crippen LogP contribution >= 0.6 is 0 Å². The summed E-state index contributed by atoms with van der Waals surface area (Å²) < 4.78 is 56.9. The number of carboxylic acids is 1. The second-order valence-electron chi connectivity index (χ2n) is 9.14. The Bertz CT molecular complexity index is 1370. The molecular weight excluding hydrogens is 586 g/mol. The van der Waals surface area contributed by atoms with Crippen molar-refractivity contribution in [2.75, 3.05) is 31.1 Å². The Morgan fingerprint density at radius 1 is 1.21 bits per heavy atom. The number of esters is 1. The maximum absolute atomic E-state index is 15.0. The number of benzene rings is 1. The third-order valence-electron chi connectivity index (χ3n) is 5.93. The van der Waals surface area contributed by atoms with Gasteiger partial charge in [-0.1, -0.05) is 11.2 Å². The minimum absolute atomic E-state index is 0.169. The van der Waals surface area contributed by atoms with E-state index in [1.54, 1.807) is 30.5 Å². The number of rotatable bonds is 9. The Labute approximate surface area is 241 Å². The molecule has 13 nitrogen and oxygen atoms in total. The van der Waals surface area contributed by atoms with Crippen molar-refractivity contribution in [2.24, 2.45) is 10.9 Å². The van der Waals surface area contributed by atoms with Gasteiger partial charge in [-0.2, -0.15) is 13.2 Å². The van der Waals surface area contributed by atoms with Gasteiger partial charge in [-0.15, -0.1) is 0 Å². The van der Waals surface area contributed by atoms with E-state index < -0.39 is 36.1 Å². The van der Waals surface area contributed by atoms with E-state index >= 15 is 0 Å². The van der Waals surface area contributed by atoms with Crippen LogP contribution in [0.4, 0.5) is 28.0 Å². The molecule has 2 aliphatic heterocycles. The summed E-state index contributed by atoms with van der Waals surface area (Å²) in [6.07, 6.45) is -3.90. The number of alkyl halides is 3. The number of ether oxygens (including phenoxy) is 2. The number of aliphatic carboxylic acids is 1. The lowest BCUT2D eigenvalue weighted by Crippen LogP contribution is -2.33. The molecule has 1 aromatic heterocycles. The fourth-order valence-electron chi connectivity index (χ4n) is 3.82. The molecule has 2 amide bonds. The number of nitrogens with two attached hydrogens (primary N) is 1. The molecular formula is C26H27F4N5O8. The predicted octanol–water partition coefficient (Wildman–Crippen LogP) is 2.37. The van der Waals surface area contributed by atoms with Gasteiger partial charge >= 0.3 is 24.2 Å². The molecule has 1 unspecified atom stereocenters. The lowest BCUT2D eigenvalue weighted by atomic mass is 10.0. The normalized spacial score (nSPS) is 17.7. The van der Waals surface area contributed by atoms with Crippen molar-refractivity contribution in [1.29, 1.82) is 0 Å². The van der Waals surface area contributed by atoms with Crippen LogP contribution in [0.25, 0.3) is 11.1 Å². The molecule has 1 saturated heterocycles. The number of cyclic esters (lactones) is 1. The number of nitrogens with zero attached hydrogens (tertiary/aromatic N) is 3. The highest BCUT2D eigenvalue weighted by Gasteiger charge is 2.38. The number of halogens is 4. The highest BCUT2D eigenvalue weighted by atomic mass is 19.4. The molecule has 0 bridgehead atoms. The summed E-state index contributed by atoms with van der Waals surface area (Å²) in [6, 6.07) is 7.93. The Balaban J connectivity index is 0.000000646. The number of hydrogen-bond donors (Lipinski definition) is 3. The summed E-state index contributed by atoms with van der Waals surface area (Å²) in [5.41, 5.74) is 7.68. The molecule has 3 heterocycles. The third kappa shape index (κ3) is 9.35. The molecule has 0 saturated carbocycles. The number of aromatic nitrogens is 1. The van der Waals surface area contributed by atoms with Gasteiger partial charge in [0.05, 0.1) is 37.6 Å². The zero-order valence-electron chi connectivity index (χ0n) is 22.6. The number of pyridine rings is 1. The molecule has 1 aromatic carbocycles. The van der Waals surface area contributed by atoms with E-state index in [0.717, 1.165) is 0 Å². The second-order valence-corrected chi connectivity index (χ2v) is 9.14. The maximum atomic E-state index is 15.0. The van der Waals surface area contributed by atoms with E-state index in [1.807, 2.05) is 0 Å². The molecule has 2 aromatic rings.